The molecule has 0 bridgehead atoms. The molecule has 1 heterocycles. The van der Waals surface area contributed by atoms with Crippen LogP contribution >= 0.6 is 0 Å². The highest BCUT2D eigenvalue weighted by Crippen LogP contribution is 2.29. The number of benzene rings is 1. The van der Waals surface area contributed by atoms with Crippen molar-refractivity contribution in [2.24, 2.45) is 0 Å². The van der Waals surface area contributed by atoms with E-state index in [1.54, 1.807) is 7.11 Å². The van der Waals surface area contributed by atoms with Crippen LogP contribution in [0.25, 0.3) is 5.57 Å². The van der Waals surface area contributed by atoms with Crippen LogP contribution in [0, 0.1) is 13.8 Å². The van der Waals surface area contributed by atoms with Gasteiger partial charge < -0.3 is 10.1 Å². The van der Waals surface area contributed by atoms with Gasteiger partial charge in [-0.05, 0) is 55.5 Å². The van der Waals surface area contributed by atoms with E-state index in [0.717, 1.165) is 46.3 Å². The van der Waals surface area contributed by atoms with E-state index in [9.17, 15) is 0 Å². The van der Waals surface area contributed by atoms with E-state index in [2.05, 4.69) is 74.4 Å². The summed E-state index contributed by atoms with van der Waals surface area (Å²) in [6.45, 7) is 10.6. The molecule has 4 nitrogen and oxygen atoms in total. The van der Waals surface area contributed by atoms with Gasteiger partial charge in [0.1, 0.15) is 17.4 Å². The van der Waals surface area contributed by atoms with E-state index in [-0.39, 0.29) is 5.41 Å². The zero-order valence-corrected chi connectivity index (χ0v) is 17.6. The molecular weight excluding hydrogens is 346 g/mol. The fourth-order valence-corrected chi connectivity index (χ4v) is 3.15. The molecule has 0 spiro atoms. The van der Waals surface area contributed by atoms with Crippen LogP contribution < -0.4 is 5.32 Å². The molecule has 0 fully saturated rings. The lowest BCUT2D eigenvalue weighted by Gasteiger charge is -2.19. The van der Waals surface area contributed by atoms with Crippen LogP contribution in [0.4, 0.5) is 11.5 Å². The smallest absolute Gasteiger partial charge is 0.137 e. The molecule has 0 amide bonds. The number of aryl methyl sites for hydroxylation is 1. The molecule has 4 heteroatoms. The number of rotatable bonds is 4. The van der Waals surface area contributed by atoms with E-state index in [0.29, 0.717) is 0 Å². The van der Waals surface area contributed by atoms with Crippen molar-refractivity contribution in [1.29, 1.82) is 0 Å². The zero-order chi connectivity index (χ0) is 20.3. The number of hydrogen-bond donors (Lipinski definition) is 1. The number of aromatic nitrogens is 2. The van der Waals surface area contributed by atoms with Crippen molar-refractivity contribution in [3.8, 4) is 0 Å². The summed E-state index contributed by atoms with van der Waals surface area (Å²) in [5, 5.41) is 3.47. The highest BCUT2D eigenvalue weighted by Gasteiger charge is 2.15. The maximum absolute atomic E-state index is 5.43. The summed E-state index contributed by atoms with van der Waals surface area (Å²) in [5.74, 6) is 2.39. The van der Waals surface area contributed by atoms with E-state index in [4.69, 9.17) is 9.72 Å². The molecular formula is C24H29N3O. The number of methoxy groups -OCH3 is 1. The first-order valence-corrected chi connectivity index (χ1v) is 9.63. The molecule has 0 atom stereocenters. The lowest BCUT2D eigenvalue weighted by Crippen LogP contribution is -2.10. The summed E-state index contributed by atoms with van der Waals surface area (Å²) in [7, 11) is 1.69. The molecule has 0 aliphatic heterocycles. The second-order valence-electron chi connectivity index (χ2n) is 8.09. The summed E-state index contributed by atoms with van der Waals surface area (Å²) in [5.41, 5.74) is 5.46. The van der Waals surface area contributed by atoms with Crippen molar-refractivity contribution in [3.05, 3.63) is 77.0 Å². The Labute approximate surface area is 168 Å². The molecule has 0 saturated heterocycles. The van der Waals surface area contributed by atoms with Crippen molar-refractivity contribution < 1.29 is 4.74 Å². The Morgan fingerprint density at radius 2 is 1.75 bits per heavy atom. The molecule has 3 rings (SSSR count). The van der Waals surface area contributed by atoms with Crippen LogP contribution in [0.5, 0.6) is 0 Å². The molecule has 1 aromatic heterocycles. The number of nitrogens with zero attached hydrogens (tertiary/aromatic N) is 2. The van der Waals surface area contributed by atoms with Gasteiger partial charge in [-0.2, -0.15) is 0 Å². The van der Waals surface area contributed by atoms with Gasteiger partial charge in [0, 0.05) is 16.8 Å². The molecule has 1 aliphatic carbocycles. The summed E-state index contributed by atoms with van der Waals surface area (Å²) in [6.07, 6.45) is 9.11. The second kappa shape index (κ2) is 8.01. The lowest BCUT2D eigenvalue weighted by atomic mass is 9.87. The van der Waals surface area contributed by atoms with Crippen molar-refractivity contribution in [2.75, 3.05) is 12.4 Å². The van der Waals surface area contributed by atoms with Crippen LogP contribution in [0.3, 0.4) is 0 Å². The summed E-state index contributed by atoms with van der Waals surface area (Å²) < 4.78 is 5.43. The van der Waals surface area contributed by atoms with Gasteiger partial charge >= 0.3 is 0 Å². The predicted octanol–water partition coefficient (Wildman–Crippen LogP) is 6.01. The van der Waals surface area contributed by atoms with Gasteiger partial charge in [0.25, 0.3) is 0 Å². The monoisotopic (exact) mass is 375 g/mol. The first-order valence-electron chi connectivity index (χ1n) is 9.63. The van der Waals surface area contributed by atoms with Crippen LogP contribution in [-0.4, -0.2) is 17.1 Å². The van der Waals surface area contributed by atoms with Crippen LogP contribution in [0.15, 0.2) is 54.3 Å². The van der Waals surface area contributed by atoms with Gasteiger partial charge in [-0.15, -0.1) is 0 Å². The maximum Gasteiger partial charge on any atom is 0.137 e. The third-order valence-electron chi connectivity index (χ3n) is 4.83. The Morgan fingerprint density at radius 3 is 2.39 bits per heavy atom. The molecule has 0 unspecified atom stereocenters. The standard InChI is InChI=1S/C24H29N3O/c1-16-22(18-9-7-8-10-21(15-18)28-6)25-17(2)26-23(16)27-20-13-11-19(12-14-20)24(3,4)5/h8-15H,7H2,1-6H3,(H,25,26,27). The molecule has 0 saturated carbocycles. The highest BCUT2D eigenvalue weighted by molar-refractivity contribution is 5.78. The third kappa shape index (κ3) is 4.50. The summed E-state index contributed by atoms with van der Waals surface area (Å²) >= 11 is 0. The number of anilines is 2. The largest absolute Gasteiger partial charge is 0.497 e. The first kappa shape index (κ1) is 19.9. The van der Waals surface area contributed by atoms with E-state index >= 15 is 0 Å². The quantitative estimate of drug-likeness (QED) is 0.711. The summed E-state index contributed by atoms with van der Waals surface area (Å²) in [6, 6.07) is 8.54. The van der Waals surface area contributed by atoms with Gasteiger partial charge in [0.15, 0.2) is 0 Å². The number of nitrogens with one attached hydrogen (secondary N) is 1. The van der Waals surface area contributed by atoms with Gasteiger partial charge in [-0.1, -0.05) is 45.1 Å². The fourth-order valence-electron chi connectivity index (χ4n) is 3.15. The fraction of sp³-hybridized carbons (Fsp3) is 0.333. The topological polar surface area (TPSA) is 47.0 Å². The number of ether oxygens (including phenoxy) is 1. The van der Waals surface area contributed by atoms with E-state index in [1.807, 2.05) is 19.1 Å². The molecule has 28 heavy (non-hydrogen) atoms. The van der Waals surface area contributed by atoms with Gasteiger partial charge in [0.2, 0.25) is 0 Å². The number of allylic oxidation sites excluding steroid dienone is 5. The van der Waals surface area contributed by atoms with Crippen LogP contribution in [0.2, 0.25) is 0 Å². The maximum atomic E-state index is 5.43. The minimum absolute atomic E-state index is 0.137. The average Bonchev–Trinajstić information content (AvgIpc) is 2.90. The van der Waals surface area contributed by atoms with Crippen molar-refractivity contribution in [1.82, 2.24) is 9.97 Å². The molecule has 1 aromatic carbocycles. The molecule has 0 radical (unpaired) electrons. The SMILES string of the molecule is COC1=CC(c2nc(C)nc(Nc3ccc(C(C)(C)C)cc3)c2C)=CCC=C1. The normalized spacial score (nSPS) is 14.2. The first-order chi connectivity index (χ1) is 13.3. The third-order valence-corrected chi connectivity index (χ3v) is 4.83. The number of hydrogen-bond acceptors (Lipinski definition) is 4. The molecule has 1 aliphatic rings. The Balaban J connectivity index is 1.95. The minimum atomic E-state index is 0.137. The zero-order valence-electron chi connectivity index (χ0n) is 17.6. The Morgan fingerprint density at radius 1 is 1.04 bits per heavy atom. The van der Waals surface area contributed by atoms with Gasteiger partial charge in [-0.3, -0.25) is 0 Å². The molecule has 146 valence electrons. The van der Waals surface area contributed by atoms with Gasteiger partial charge in [-0.25, -0.2) is 9.97 Å². The molecule has 1 N–H and O–H groups in total. The summed E-state index contributed by atoms with van der Waals surface area (Å²) in [4.78, 5) is 9.35. The van der Waals surface area contributed by atoms with Crippen molar-refractivity contribution >= 4 is 17.1 Å². The minimum Gasteiger partial charge on any atom is -0.497 e. The Kier molecular flexibility index (Phi) is 5.68. The second-order valence-corrected chi connectivity index (χ2v) is 8.09. The van der Waals surface area contributed by atoms with E-state index < -0.39 is 0 Å². The van der Waals surface area contributed by atoms with Crippen molar-refractivity contribution in [3.63, 3.8) is 0 Å². The van der Waals surface area contributed by atoms with Crippen LogP contribution in [0.1, 0.15) is 49.8 Å². The van der Waals surface area contributed by atoms with Crippen molar-refractivity contribution in [2.45, 2.75) is 46.5 Å². The van der Waals surface area contributed by atoms with Gasteiger partial charge in [0.05, 0.1) is 12.8 Å². The molecule has 2 aromatic rings. The predicted molar refractivity (Wildman–Crippen MR) is 117 cm³/mol. The van der Waals surface area contributed by atoms with E-state index in [1.165, 1.54) is 5.56 Å². The lowest BCUT2D eigenvalue weighted by molar-refractivity contribution is 0.307. The Hall–Kier alpha value is -2.88. The Bertz CT molecular complexity index is 945. The van der Waals surface area contributed by atoms with Crippen LogP contribution in [-0.2, 0) is 10.2 Å². The highest BCUT2D eigenvalue weighted by atomic mass is 16.5. The average molecular weight is 376 g/mol.